The summed E-state index contributed by atoms with van der Waals surface area (Å²) < 4.78 is 5.54. The molecule has 0 spiro atoms. The fourth-order valence-electron chi connectivity index (χ4n) is 2.22. The van der Waals surface area contributed by atoms with Gasteiger partial charge in [0.25, 0.3) is 5.91 Å². The number of nitrogens with one attached hydrogen (secondary N) is 2. The summed E-state index contributed by atoms with van der Waals surface area (Å²) in [5, 5.41) is 6.24. The van der Waals surface area contributed by atoms with Gasteiger partial charge in [0.2, 0.25) is 0 Å². The molecule has 110 valence electrons. The van der Waals surface area contributed by atoms with Crippen molar-refractivity contribution in [3.8, 4) is 5.75 Å². The van der Waals surface area contributed by atoms with E-state index >= 15 is 0 Å². The van der Waals surface area contributed by atoms with E-state index in [1.807, 2.05) is 29.5 Å². The lowest BCUT2D eigenvalue weighted by Gasteiger charge is -2.23. The number of hydrogen-bond acceptors (Lipinski definition) is 4. The summed E-state index contributed by atoms with van der Waals surface area (Å²) in [6.07, 6.45) is 0.639. The zero-order chi connectivity index (χ0) is 14.8. The van der Waals surface area contributed by atoms with E-state index in [1.165, 1.54) is 9.75 Å². The molecule has 0 saturated heterocycles. The third kappa shape index (κ3) is 3.03. The van der Waals surface area contributed by atoms with Crippen LogP contribution in [0, 0.1) is 0 Å². The van der Waals surface area contributed by atoms with Crippen LogP contribution < -0.4 is 15.4 Å². The quantitative estimate of drug-likeness (QED) is 0.906. The fourth-order valence-corrected chi connectivity index (χ4v) is 3.11. The van der Waals surface area contributed by atoms with Crippen molar-refractivity contribution >= 4 is 28.6 Å². The largest absolute Gasteiger partial charge is 0.479 e. The second-order valence-electron chi connectivity index (χ2n) is 5.04. The van der Waals surface area contributed by atoms with Gasteiger partial charge in [0.05, 0.1) is 5.69 Å². The number of rotatable bonds is 4. The van der Waals surface area contributed by atoms with E-state index in [4.69, 9.17) is 4.74 Å². The zero-order valence-corrected chi connectivity index (χ0v) is 12.9. The van der Waals surface area contributed by atoms with E-state index in [2.05, 4.69) is 29.7 Å². The number of ether oxygens (including phenoxy) is 1. The molecule has 1 aliphatic heterocycles. The van der Waals surface area contributed by atoms with Gasteiger partial charge in [-0.05, 0) is 43.7 Å². The molecule has 1 atom stereocenters. The molecule has 1 amide bonds. The van der Waals surface area contributed by atoms with Gasteiger partial charge in [-0.2, -0.15) is 0 Å². The Morgan fingerprint density at radius 2 is 2.10 bits per heavy atom. The van der Waals surface area contributed by atoms with Crippen molar-refractivity contribution in [3.63, 3.8) is 0 Å². The Hall–Kier alpha value is -2.01. The molecule has 1 aliphatic rings. The fraction of sp³-hybridized carbons (Fsp3) is 0.312. The van der Waals surface area contributed by atoms with Crippen molar-refractivity contribution in [2.45, 2.75) is 32.9 Å². The van der Waals surface area contributed by atoms with Crippen molar-refractivity contribution < 1.29 is 9.53 Å². The SMILES string of the molecule is CCc1ccc(CNc2ccc3c(c2)NC(=O)C(C)O3)s1. The zero-order valence-electron chi connectivity index (χ0n) is 12.1. The first-order chi connectivity index (χ1) is 10.2. The number of benzene rings is 1. The second kappa shape index (κ2) is 5.77. The molecule has 2 aromatic rings. The van der Waals surface area contributed by atoms with Crippen LogP contribution in [0.25, 0.3) is 0 Å². The summed E-state index contributed by atoms with van der Waals surface area (Å²) in [5.74, 6) is 0.613. The minimum absolute atomic E-state index is 0.106. The predicted molar refractivity (Wildman–Crippen MR) is 86.2 cm³/mol. The number of fused-ring (bicyclic) bond motifs is 1. The van der Waals surface area contributed by atoms with Crippen LogP contribution in [0.5, 0.6) is 5.75 Å². The molecular weight excluding hydrogens is 284 g/mol. The first-order valence-electron chi connectivity index (χ1n) is 7.08. The van der Waals surface area contributed by atoms with Crippen molar-refractivity contribution in [3.05, 3.63) is 40.1 Å². The number of hydrogen-bond donors (Lipinski definition) is 2. The molecule has 2 heterocycles. The molecular formula is C16H18N2O2S. The molecule has 4 nitrogen and oxygen atoms in total. The lowest BCUT2D eigenvalue weighted by molar-refractivity contribution is -0.122. The number of anilines is 2. The summed E-state index contributed by atoms with van der Waals surface area (Å²) >= 11 is 1.82. The van der Waals surface area contributed by atoms with E-state index in [-0.39, 0.29) is 5.91 Å². The molecule has 0 saturated carbocycles. The summed E-state index contributed by atoms with van der Waals surface area (Å²) in [7, 11) is 0. The number of aryl methyl sites for hydroxylation is 1. The summed E-state index contributed by atoms with van der Waals surface area (Å²) in [5.41, 5.74) is 1.70. The highest BCUT2D eigenvalue weighted by Crippen LogP contribution is 2.32. The number of carbonyl (C=O) groups is 1. The Balaban J connectivity index is 1.69. The molecule has 0 radical (unpaired) electrons. The standard InChI is InChI=1S/C16H18N2O2S/c1-3-12-5-6-13(21-12)9-17-11-4-7-15-14(8-11)18-16(19)10(2)20-15/h4-8,10,17H,3,9H2,1-2H3,(H,18,19). The number of carbonyl (C=O) groups excluding carboxylic acids is 1. The van der Waals surface area contributed by atoms with Crippen LogP contribution in [0.3, 0.4) is 0 Å². The molecule has 3 rings (SSSR count). The van der Waals surface area contributed by atoms with Gasteiger partial charge in [-0.25, -0.2) is 0 Å². The van der Waals surface area contributed by atoms with E-state index in [1.54, 1.807) is 6.92 Å². The Morgan fingerprint density at radius 3 is 2.86 bits per heavy atom. The smallest absolute Gasteiger partial charge is 0.265 e. The van der Waals surface area contributed by atoms with Gasteiger partial charge in [-0.15, -0.1) is 11.3 Å². The van der Waals surface area contributed by atoms with Gasteiger partial charge in [-0.1, -0.05) is 6.92 Å². The van der Waals surface area contributed by atoms with Gasteiger partial charge < -0.3 is 15.4 Å². The van der Waals surface area contributed by atoms with Crippen LogP contribution in [-0.2, 0) is 17.8 Å². The Kier molecular flexibility index (Phi) is 3.84. The lowest BCUT2D eigenvalue weighted by Crippen LogP contribution is -2.34. The number of amides is 1. The molecule has 1 unspecified atom stereocenters. The third-order valence-electron chi connectivity index (χ3n) is 3.44. The van der Waals surface area contributed by atoms with Gasteiger partial charge >= 0.3 is 0 Å². The first kappa shape index (κ1) is 13.9. The highest BCUT2D eigenvalue weighted by Gasteiger charge is 2.23. The monoisotopic (exact) mass is 302 g/mol. The molecule has 0 bridgehead atoms. The first-order valence-corrected chi connectivity index (χ1v) is 7.90. The van der Waals surface area contributed by atoms with Crippen molar-refractivity contribution in [1.29, 1.82) is 0 Å². The second-order valence-corrected chi connectivity index (χ2v) is 6.29. The van der Waals surface area contributed by atoms with Crippen LogP contribution in [0.1, 0.15) is 23.6 Å². The van der Waals surface area contributed by atoms with Crippen LogP contribution in [0.4, 0.5) is 11.4 Å². The molecule has 1 aromatic heterocycles. The van der Waals surface area contributed by atoms with Gasteiger partial charge in [0, 0.05) is 22.0 Å². The molecule has 2 N–H and O–H groups in total. The maximum atomic E-state index is 11.6. The summed E-state index contributed by atoms with van der Waals surface area (Å²) in [6, 6.07) is 10.1. The van der Waals surface area contributed by atoms with Gasteiger partial charge in [-0.3, -0.25) is 4.79 Å². The maximum absolute atomic E-state index is 11.6. The molecule has 5 heteroatoms. The normalized spacial score (nSPS) is 16.9. The summed E-state index contributed by atoms with van der Waals surface area (Å²) in [6.45, 7) is 4.69. The van der Waals surface area contributed by atoms with Gasteiger partial charge in [0.15, 0.2) is 6.10 Å². The predicted octanol–water partition coefficient (Wildman–Crippen LogP) is 3.64. The average molecular weight is 302 g/mol. The van der Waals surface area contributed by atoms with Gasteiger partial charge in [0.1, 0.15) is 5.75 Å². The minimum Gasteiger partial charge on any atom is -0.479 e. The number of thiophene rings is 1. The van der Waals surface area contributed by atoms with Crippen LogP contribution in [0.15, 0.2) is 30.3 Å². The Morgan fingerprint density at radius 1 is 1.29 bits per heavy atom. The maximum Gasteiger partial charge on any atom is 0.265 e. The van der Waals surface area contributed by atoms with Crippen molar-refractivity contribution in [1.82, 2.24) is 0 Å². The van der Waals surface area contributed by atoms with Crippen LogP contribution in [-0.4, -0.2) is 12.0 Å². The topological polar surface area (TPSA) is 50.4 Å². The molecule has 21 heavy (non-hydrogen) atoms. The van der Waals surface area contributed by atoms with E-state index in [0.29, 0.717) is 0 Å². The minimum atomic E-state index is -0.435. The van der Waals surface area contributed by atoms with E-state index < -0.39 is 6.10 Å². The van der Waals surface area contributed by atoms with Crippen molar-refractivity contribution in [2.24, 2.45) is 0 Å². The average Bonchev–Trinajstić information content (AvgIpc) is 2.94. The van der Waals surface area contributed by atoms with Crippen LogP contribution >= 0.6 is 11.3 Å². The molecule has 1 aromatic carbocycles. The van der Waals surface area contributed by atoms with E-state index in [9.17, 15) is 4.79 Å². The Bertz CT molecular complexity index is 666. The Labute approximate surface area is 128 Å². The highest BCUT2D eigenvalue weighted by atomic mass is 32.1. The summed E-state index contributed by atoms with van der Waals surface area (Å²) in [4.78, 5) is 14.3. The third-order valence-corrected chi connectivity index (χ3v) is 4.67. The molecule has 0 aliphatic carbocycles. The van der Waals surface area contributed by atoms with Crippen LogP contribution in [0.2, 0.25) is 0 Å². The van der Waals surface area contributed by atoms with E-state index in [0.717, 1.165) is 30.1 Å². The highest BCUT2D eigenvalue weighted by molar-refractivity contribution is 7.12. The molecule has 0 fully saturated rings. The lowest BCUT2D eigenvalue weighted by atomic mass is 10.2. The van der Waals surface area contributed by atoms with Crippen molar-refractivity contribution in [2.75, 3.05) is 10.6 Å².